The largest absolute Gasteiger partial charge is 0.507 e. The second-order valence-electron chi connectivity index (χ2n) is 11.1. The van der Waals surface area contributed by atoms with Crippen molar-refractivity contribution in [3.05, 3.63) is 87.0 Å². The zero-order valence-corrected chi connectivity index (χ0v) is 23.7. The van der Waals surface area contributed by atoms with Gasteiger partial charge in [-0.2, -0.15) is 0 Å². The van der Waals surface area contributed by atoms with E-state index in [1.807, 2.05) is 0 Å². The Bertz CT molecular complexity index is 1970. The minimum Gasteiger partial charge on any atom is -0.507 e. The van der Waals surface area contributed by atoms with Gasteiger partial charge in [0.2, 0.25) is 17.2 Å². The van der Waals surface area contributed by atoms with Crippen molar-refractivity contribution in [1.82, 2.24) is 0 Å². The zero-order chi connectivity index (χ0) is 32.9. The fraction of sp³-hybridized carbons (Fsp3) is 0.219. The molecule has 13 nitrogen and oxygen atoms in total. The maximum atomic E-state index is 14.1. The number of rotatable bonds is 4. The van der Waals surface area contributed by atoms with Crippen LogP contribution in [0.1, 0.15) is 77.8 Å². The second-order valence-corrected chi connectivity index (χ2v) is 11.1. The molecule has 4 atom stereocenters. The Hall–Kier alpha value is -5.69. The number of phenolic OH excluding ortho intramolecular Hbond substituents is 5. The van der Waals surface area contributed by atoms with Gasteiger partial charge in [0.25, 0.3) is 0 Å². The third kappa shape index (κ3) is 3.49. The normalized spacial score (nSPS) is 24.0. The molecule has 230 valence electrons. The Labute approximate surface area is 253 Å². The molecule has 3 aromatic carbocycles. The summed E-state index contributed by atoms with van der Waals surface area (Å²) in [7, 11) is 0.952. The molecule has 4 aliphatic carbocycles. The lowest BCUT2D eigenvalue weighted by molar-refractivity contribution is -0.164. The number of methoxy groups -OCH3 is 1. The average molecular weight is 617 g/mol. The SMILES string of the molecule is COC(=O)c1c(O)ccc(O)c1C(=O)c1c(O)cc2c(c1O)[C@@H]1C=C[C@]23[C@@H](OC(C)=O)c2cc(C)cc(O)c2C(=O)C3(O)C1=O. The van der Waals surface area contributed by atoms with Gasteiger partial charge in [-0.3, -0.25) is 19.2 Å². The Morgan fingerprint density at radius 2 is 1.51 bits per heavy atom. The first-order valence-electron chi connectivity index (χ1n) is 13.4. The van der Waals surface area contributed by atoms with Crippen LogP contribution in [0.2, 0.25) is 0 Å². The molecule has 0 heterocycles. The molecular formula is C32H24O13. The molecule has 2 bridgehead atoms. The van der Waals surface area contributed by atoms with Crippen LogP contribution in [0.25, 0.3) is 0 Å². The minimum atomic E-state index is -3.01. The highest BCUT2D eigenvalue weighted by Crippen LogP contribution is 2.65. The van der Waals surface area contributed by atoms with Crippen LogP contribution in [0.5, 0.6) is 28.7 Å². The highest BCUT2D eigenvalue weighted by molar-refractivity contribution is 6.26. The third-order valence-corrected chi connectivity index (χ3v) is 8.70. The molecule has 1 unspecified atom stereocenters. The number of ether oxygens (including phenoxy) is 2. The van der Waals surface area contributed by atoms with Crippen molar-refractivity contribution in [2.24, 2.45) is 0 Å². The van der Waals surface area contributed by atoms with Gasteiger partial charge in [0, 0.05) is 18.1 Å². The summed E-state index contributed by atoms with van der Waals surface area (Å²) >= 11 is 0. The lowest BCUT2D eigenvalue weighted by Crippen LogP contribution is -2.71. The van der Waals surface area contributed by atoms with Gasteiger partial charge in [0.05, 0.1) is 29.6 Å². The number of benzene rings is 3. The molecule has 0 amide bonds. The standard InChI is InChI=1S/C32H24O13/c1-11-8-14-21(18(36)9-11)28(41)32(43)27(40)13-6-7-31(32,29(14)45-12(2)33)15-10-19(37)24(25(38)20(13)15)26(39)22-16(34)4-5-17(35)23(22)30(42)44-3/h4-10,13,29,34-38,43H,1-3H3/t13-,29-,31+,32?/m0/s1. The van der Waals surface area contributed by atoms with E-state index in [9.17, 15) is 54.6 Å². The van der Waals surface area contributed by atoms with Crippen molar-refractivity contribution >= 4 is 29.3 Å². The molecule has 0 aliphatic heterocycles. The molecule has 3 aromatic rings. The number of allylic oxidation sites excluding steroid dienone is 1. The molecule has 6 N–H and O–H groups in total. The summed E-state index contributed by atoms with van der Waals surface area (Å²) < 4.78 is 10.2. The molecule has 7 rings (SSSR count). The molecule has 45 heavy (non-hydrogen) atoms. The fourth-order valence-corrected chi connectivity index (χ4v) is 6.91. The number of carbonyl (C=O) groups excluding carboxylic acids is 5. The number of carbonyl (C=O) groups is 5. The van der Waals surface area contributed by atoms with Crippen molar-refractivity contribution < 1.29 is 64.1 Å². The molecule has 0 fully saturated rings. The van der Waals surface area contributed by atoms with Crippen LogP contribution in [0, 0.1) is 6.92 Å². The number of hydrogen-bond donors (Lipinski definition) is 6. The second kappa shape index (κ2) is 9.40. The fourth-order valence-electron chi connectivity index (χ4n) is 6.91. The number of aromatic hydroxyl groups is 5. The van der Waals surface area contributed by atoms with Crippen LogP contribution in [-0.4, -0.2) is 72.6 Å². The first-order valence-corrected chi connectivity index (χ1v) is 13.4. The first kappa shape index (κ1) is 29.4. The smallest absolute Gasteiger partial charge is 0.342 e. The van der Waals surface area contributed by atoms with Crippen LogP contribution in [0.15, 0.2) is 42.5 Å². The highest BCUT2D eigenvalue weighted by Gasteiger charge is 2.74. The quantitative estimate of drug-likeness (QED) is 0.0814. The average Bonchev–Trinajstić information content (AvgIpc) is 2.97. The molecule has 13 heteroatoms. The number of hydrogen-bond acceptors (Lipinski definition) is 13. The van der Waals surface area contributed by atoms with Crippen molar-refractivity contribution in [2.75, 3.05) is 7.11 Å². The summed E-state index contributed by atoms with van der Waals surface area (Å²) in [5, 5.41) is 66.5. The van der Waals surface area contributed by atoms with Gasteiger partial charge in [0.15, 0.2) is 5.78 Å². The number of aryl methyl sites for hydroxylation is 1. The number of phenols is 5. The Morgan fingerprint density at radius 1 is 0.867 bits per heavy atom. The summed E-state index contributed by atoms with van der Waals surface area (Å²) in [6.45, 7) is 2.62. The van der Waals surface area contributed by atoms with E-state index in [0.717, 1.165) is 32.2 Å². The predicted molar refractivity (Wildman–Crippen MR) is 150 cm³/mol. The Balaban J connectivity index is 1.68. The van der Waals surface area contributed by atoms with Gasteiger partial charge in [0.1, 0.15) is 46.0 Å². The van der Waals surface area contributed by atoms with Crippen LogP contribution in [-0.2, 0) is 24.5 Å². The molecule has 1 spiro atoms. The monoisotopic (exact) mass is 616 g/mol. The summed E-state index contributed by atoms with van der Waals surface area (Å²) in [5.74, 6) is -11.6. The molecule has 0 saturated carbocycles. The van der Waals surface area contributed by atoms with E-state index < -0.39 is 103 Å². The summed E-state index contributed by atoms with van der Waals surface area (Å²) in [4.78, 5) is 66.8. The first-order chi connectivity index (χ1) is 21.1. The van der Waals surface area contributed by atoms with E-state index in [2.05, 4.69) is 4.74 Å². The van der Waals surface area contributed by atoms with E-state index >= 15 is 0 Å². The van der Waals surface area contributed by atoms with Crippen LogP contribution >= 0.6 is 0 Å². The van der Waals surface area contributed by atoms with Crippen LogP contribution in [0.3, 0.4) is 0 Å². The molecular weight excluding hydrogens is 592 g/mol. The number of ketones is 3. The van der Waals surface area contributed by atoms with Gasteiger partial charge < -0.3 is 40.1 Å². The van der Waals surface area contributed by atoms with E-state index in [1.54, 1.807) is 6.92 Å². The summed E-state index contributed by atoms with van der Waals surface area (Å²) in [6.07, 6.45) is 0.826. The summed E-state index contributed by atoms with van der Waals surface area (Å²) in [5.41, 5.74) is -8.49. The van der Waals surface area contributed by atoms with Crippen LogP contribution in [0.4, 0.5) is 0 Å². The maximum Gasteiger partial charge on any atom is 0.342 e. The van der Waals surface area contributed by atoms with E-state index in [4.69, 9.17) is 4.74 Å². The molecule has 0 saturated heterocycles. The van der Waals surface area contributed by atoms with E-state index in [1.165, 1.54) is 24.3 Å². The van der Waals surface area contributed by atoms with Crippen molar-refractivity contribution in [3.8, 4) is 28.7 Å². The highest BCUT2D eigenvalue weighted by atomic mass is 16.5. The summed E-state index contributed by atoms with van der Waals surface area (Å²) in [6, 6.07) is 5.36. The topological polar surface area (TPSA) is 225 Å². The van der Waals surface area contributed by atoms with Gasteiger partial charge >= 0.3 is 11.9 Å². The lowest BCUT2D eigenvalue weighted by atomic mass is 9.46. The maximum absolute atomic E-state index is 14.1. The number of Topliss-reactive ketones (excluding diaryl/α,β-unsaturated/α-hetero) is 2. The van der Waals surface area contributed by atoms with Crippen LogP contribution < -0.4 is 0 Å². The third-order valence-electron chi connectivity index (χ3n) is 8.70. The van der Waals surface area contributed by atoms with E-state index in [-0.39, 0.29) is 16.7 Å². The van der Waals surface area contributed by atoms with Gasteiger partial charge in [-0.25, -0.2) is 4.79 Å². The van der Waals surface area contributed by atoms with E-state index in [0.29, 0.717) is 5.56 Å². The van der Waals surface area contributed by atoms with Crippen molar-refractivity contribution in [1.29, 1.82) is 0 Å². The molecule has 4 aliphatic rings. The number of esters is 2. The predicted octanol–water partition coefficient (Wildman–Crippen LogP) is 2.25. The number of aliphatic hydroxyl groups is 1. The number of fused-ring (bicyclic) bond motifs is 1. The van der Waals surface area contributed by atoms with Gasteiger partial charge in [-0.05, 0) is 42.3 Å². The zero-order valence-electron chi connectivity index (χ0n) is 23.7. The van der Waals surface area contributed by atoms with Crippen molar-refractivity contribution in [3.63, 3.8) is 0 Å². The van der Waals surface area contributed by atoms with Crippen molar-refractivity contribution in [2.45, 2.75) is 36.9 Å². The molecule has 0 radical (unpaired) electrons. The Kier molecular flexibility index (Phi) is 6.14. The molecule has 0 aromatic heterocycles. The minimum absolute atomic E-state index is 0.0624. The Morgan fingerprint density at radius 3 is 2.13 bits per heavy atom. The lowest BCUT2D eigenvalue weighted by Gasteiger charge is -2.57. The van der Waals surface area contributed by atoms with Gasteiger partial charge in [-0.1, -0.05) is 18.2 Å². The van der Waals surface area contributed by atoms with Gasteiger partial charge in [-0.15, -0.1) is 0 Å².